The third kappa shape index (κ3) is 2.11. The second kappa shape index (κ2) is 4.26. The maximum absolute atomic E-state index is 10.7. The van der Waals surface area contributed by atoms with Crippen molar-refractivity contribution >= 4 is 15.9 Å². The second-order valence-corrected chi connectivity index (χ2v) is 5.49. The lowest BCUT2D eigenvalue weighted by Gasteiger charge is -2.38. The average molecular weight is 269 g/mol. The first-order valence-corrected chi connectivity index (χ1v) is 6.40. The standard InChI is InChI=1S/C13H17BrO/c1-10-4-2-3-9-13(10,15)11-5-7-12(14)8-6-11/h5-8,10,15H,2-4,9H2,1H3/t10-,13+/m1/s1. The molecule has 1 aliphatic rings. The first-order chi connectivity index (χ1) is 7.13. The quantitative estimate of drug-likeness (QED) is 0.821. The van der Waals surface area contributed by atoms with E-state index in [9.17, 15) is 5.11 Å². The molecule has 2 heteroatoms. The van der Waals surface area contributed by atoms with Crippen LogP contribution in [0.3, 0.4) is 0 Å². The topological polar surface area (TPSA) is 20.2 Å². The van der Waals surface area contributed by atoms with Crippen LogP contribution in [0, 0.1) is 5.92 Å². The molecule has 15 heavy (non-hydrogen) atoms. The van der Waals surface area contributed by atoms with E-state index in [0.29, 0.717) is 5.92 Å². The highest BCUT2D eigenvalue weighted by molar-refractivity contribution is 9.10. The molecular weight excluding hydrogens is 252 g/mol. The minimum absolute atomic E-state index is 0.368. The average Bonchev–Trinajstić information content (AvgIpc) is 2.23. The van der Waals surface area contributed by atoms with E-state index in [0.717, 1.165) is 29.3 Å². The lowest BCUT2D eigenvalue weighted by atomic mass is 9.72. The number of aliphatic hydroxyl groups is 1. The normalized spacial score (nSPS) is 31.5. The molecule has 0 aromatic heterocycles. The summed E-state index contributed by atoms with van der Waals surface area (Å²) in [6, 6.07) is 8.08. The molecule has 2 atom stereocenters. The minimum atomic E-state index is -0.598. The molecule has 0 aliphatic heterocycles. The van der Waals surface area contributed by atoms with Gasteiger partial charge in [-0.1, -0.05) is 47.8 Å². The Bertz CT molecular complexity index is 333. The van der Waals surface area contributed by atoms with Crippen molar-refractivity contribution in [1.29, 1.82) is 0 Å². The molecule has 1 nitrogen and oxygen atoms in total. The third-order valence-electron chi connectivity index (χ3n) is 3.60. The number of rotatable bonds is 1. The predicted octanol–water partition coefficient (Wildman–Crippen LogP) is 3.85. The van der Waals surface area contributed by atoms with Gasteiger partial charge in [-0.3, -0.25) is 0 Å². The Morgan fingerprint density at radius 1 is 1.27 bits per heavy atom. The molecule has 2 rings (SSSR count). The molecule has 1 N–H and O–H groups in total. The fourth-order valence-corrected chi connectivity index (χ4v) is 2.76. The van der Waals surface area contributed by atoms with Gasteiger partial charge in [-0.15, -0.1) is 0 Å². The number of benzene rings is 1. The third-order valence-corrected chi connectivity index (χ3v) is 4.13. The van der Waals surface area contributed by atoms with Crippen LogP contribution in [0.1, 0.15) is 38.2 Å². The van der Waals surface area contributed by atoms with Crippen LogP contribution >= 0.6 is 15.9 Å². The van der Waals surface area contributed by atoms with Crippen molar-refractivity contribution in [1.82, 2.24) is 0 Å². The van der Waals surface area contributed by atoms with Gasteiger partial charge in [0, 0.05) is 4.47 Å². The Labute approximate surface area is 99.6 Å². The zero-order valence-corrected chi connectivity index (χ0v) is 10.6. The fourth-order valence-electron chi connectivity index (χ4n) is 2.50. The summed E-state index contributed by atoms with van der Waals surface area (Å²) in [5, 5.41) is 10.7. The van der Waals surface area contributed by atoms with E-state index in [2.05, 4.69) is 22.9 Å². The Kier molecular flexibility index (Phi) is 3.17. The summed E-state index contributed by atoms with van der Waals surface area (Å²) in [6.45, 7) is 2.15. The van der Waals surface area contributed by atoms with E-state index < -0.39 is 5.60 Å². The van der Waals surface area contributed by atoms with Crippen molar-refractivity contribution in [3.8, 4) is 0 Å². The van der Waals surface area contributed by atoms with Gasteiger partial charge in [0.1, 0.15) is 0 Å². The number of hydrogen-bond donors (Lipinski definition) is 1. The Hall–Kier alpha value is -0.340. The van der Waals surface area contributed by atoms with E-state index in [1.54, 1.807) is 0 Å². The van der Waals surface area contributed by atoms with Gasteiger partial charge in [0.15, 0.2) is 0 Å². The van der Waals surface area contributed by atoms with Crippen molar-refractivity contribution in [2.45, 2.75) is 38.2 Å². The summed E-state index contributed by atoms with van der Waals surface area (Å²) in [7, 11) is 0. The molecule has 82 valence electrons. The molecule has 0 radical (unpaired) electrons. The van der Waals surface area contributed by atoms with Crippen LogP contribution < -0.4 is 0 Å². The predicted molar refractivity (Wildman–Crippen MR) is 65.7 cm³/mol. The van der Waals surface area contributed by atoms with Gasteiger partial charge in [-0.25, -0.2) is 0 Å². The highest BCUT2D eigenvalue weighted by Crippen LogP contribution is 2.41. The molecule has 0 saturated heterocycles. The van der Waals surface area contributed by atoms with Crippen LogP contribution in [0.15, 0.2) is 28.7 Å². The number of halogens is 1. The van der Waals surface area contributed by atoms with Crippen LogP contribution in [-0.2, 0) is 5.60 Å². The van der Waals surface area contributed by atoms with Gasteiger partial charge in [0.25, 0.3) is 0 Å². The summed E-state index contributed by atoms with van der Waals surface area (Å²) in [6.07, 6.45) is 4.42. The molecule has 1 aromatic carbocycles. The molecule has 0 unspecified atom stereocenters. The van der Waals surface area contributed by atoms with E-state index in [1.807, 2.05) is 24.3 Å². The minimum Gasteiger partial charge on any atom is -0.385 e. The van der Waals surface area contributed by atoms with Gasteiger partial charge >= 0.3 is 0 Å². The summed E-state index contributed by atoms with van der Waals surface area (Å²) in [5.74, 6) is 0.368. The van der Waals surface area contributed by atoms with Gasteiger partial charge in [-0.05, 0) is 36.5 Å². The summed E-state index contributed by atoms with van der Waals surface area (Å²) in [5.41, 5.74) is 0.469. The molecule has 0 bridgehead atoms. The van der Waals surface area contributed by atoms with E-state index in [1.165, 1.54) is 6.42 Å². The van der Waals surface area contributed by atoms with Gasteiger partial charge in [-0.2, -0.15) is 0 Å². The molecule has 1 saturated carbocycles. The SMILES string of the molecule is C[C@@H]1CCCC[C@@]1(O)c1ccc(Br)cc1. The van der Waals surface area contributed by atoms with Crippen molar-refractivity contribution in [2.75, 3.05) is 0 Å². The summed E-state index contributed by atoms with van der Waals surface area (Å²) in [4.78, 5) is 0. The van der Waals surface area contributed by atoms with Crippen molar-refractivity contribution < 1.29 is 5.11 Å². The van der Waals surface area contributed by atoms with E-state index in [4.69, 9.17) is 0 Å². The molecule has 1 aliphatic carbocycles. The zero-order chi connectivity index (χ0) is 10.9. The smallest absolute Gasteiger partial charge is 0.0921 e. The largest absolute Gasteiger partial charge is 0.385 e. The van der Waals surface area contributed by atoms with Crippen LogP contribution in [-0.4, -0.2) is 5.11 Å². The Morgan fingerprint density at radius 2 is 1.93 bits per heavy atom. The zero-order valence-electron chi connectivity index (χ0n) is 9.04. The summed E-state index contributed by atoms with van der Waals surface area (Å²) < 4.78 is 1.07. The van der Waals surface area contributed by atoms with Gasteiger partial charge < -0.3 is 5.11 Å². The van der Waals surface area contributed by atoms with Gasteiger partial charge in [0.05, 0.1) is 5.60 Å². The Balaban J connectivity index is 2.30. The molecule has 1 aromatic rings. The van der Waals surface area contributed by atoms with Crippen molar-refractivity contribution in [3.63, 3.8) is 0 Å². The number of hydrogen-bond acceptors (Lipinski definition) is 1. The molecule has 0 amide bonds. The van der Waals surface area contributed by atoms with Crippen molar-refractivity contribution in [2.24, 2.45) is 5.92 Å². The van der Waals surface area contributed by atoms with Gasteiger partial charge in [0.2, 0.25) is 0 Å². The second-order valence-electron chi connectivity index (χ2n) is 4.58. The lowest BCUT2D eigenvalue weighted by Crippen LogP contribution is -2.36. The highest BCUT2D eigenvalue weighted by Gasteiger charge is 2.37. The maximum Gasteiger partial charge on any atom is 0.0921 e. The fraction of sp³-hybridized carbons (Fsp3) is 0.538. The monoisotopic (exact) mass is 268 g/mol. The lowest BCUT2D eigenvalue weighted by molar-refractivity contribution is -0.0469. The van der Waals surface area contributed by atoms with Crippen LogP contribution in [0.25, 0.3) is 0 Å². The van der Waals surface area contributed by atoms with Crippen LogP contribution in [0.2, 0.25) is 0 Å². The van der Waals surface area contributed by atoms with E-state index >= 15 is 0 Å². The van der Waals surface area contributed by atoms with Crippen molar-refractivity contribution in [3.05, 3.63) is 34.3 Å². The highest BCUT2D eigenvalue weighted by atomic mass is 79.9. The van der Waals surface area contributed by atoms with Crippen LogP contribution in [0.5, 0.6) is 0 Å². The molecular formula is C13H17BrO. The maximum atomic E-state index is 10.7. The first kappa shape index (κ1) is 11.2. The summed E-state index contributed by atoms with van der Waals surface area (Å²) >= 11 is 3.42. The molecule has 1 fully saturated rings. The van der Waals surface area contributed by atoms with E-state index in [-0.39, 0.29) is 0 Å². The Morgan fingerprint density at radius 3 is 2.53 bits per heavy atom. The molecule has 0 spiro atoms. The molecule has 0 heterocycles. The van der Waals surface area contributed by atoms with Crippen LogP contribution in [0.4, 0.5) is 0 Å². The first-order valence-electron chi connectivity index (χ1n) is 5.61.